The minimum atomic E-state index is -0.625. The van der Waals surface area contributed by atoms with Crippen LogP contribution in [0.5, 0.6) is 23.0 Å². The van der Waals surface area contributed by atoms with Crippen molar-refractivity contribution in [3.63, 3.8) is 0 Å². The first-order valence-electron chi connectivity index (χ1n) is 18.8. The highest BCUT2D eigenvalue weighted by Gasteiger charge is 2.52. The van der Waals surface area contributed by atoms with Gasteiger partial charge in [-0.25, -0.2) is 0 Å². The first kappa shape index (κ1) is 33.3. The molecule has 9 rings (SSSR count). The SMILES string of the molecule is CC(C)(C)c1ccc2c(c1)-c1c3c(c4c5c1-c1cc(C(C)(C)C)ccc1OB5Oc1ccc(C(C)(C)C)cc1-4)-c1cc(C(C)(C)C)ccc1OB3O2. The topological polar surface area (TPSA) is 36.9 Å². The van der Waals surface area contributed by atoms with Gasteiger partial charge in [-0.3, -0.25) is 0 Å². The van der Waals surface area contributed by atoms with Gasteiger partial charge in [0.05, 0.1) is 0 Å². The van der Waals surface area contributed by atoms with Gasteiger partial charge in [0.15, 0.2) is 0 Å². The molecule has 4 aliphatic rings. The Morgan fingerprint density at radius 1 is 0.327 bits per heavy atom. The number of benzene rings is 5. The van der Waals surface area contributed by atoms with Crippen LogP contribution in [0.1, 0.15) is 105 Å². The molecule has 52 heavy (non-hydrogen) atoms. The van der Waals surface area contributed by atoms with Crippen LogP contribution in [0.25, 0.3) is 44.5 Å². The van der Waals surface area contributed by atoms with Crippen LogP contribution in [0.2, 0.25) is 0 Å². The van der Waals surface area contributed by atoms with Crippen LogP contribution < -0.4 is 29.5 Å². The lowest BCUT2D eigenvalue weighted by atomic mass is 9.55. The van der Waals surface area contributed by atoms with Gasteiger partial charge in [0, 0.05) is 33.2 Å². The summed E-state index contributed by atoms with van der Waals surface area (Å²) in [6, 6.07) is 26.7. The third-order valence-corrected chi connectivity index (χ3v) is 11.4. The molecule has 0 bridgehead atoms. The fourth-order valence-electron chi connectivity index (χ4n) is 8.30. The van der Waals surface area contributed by atoms with Gasteiger partial charge in [-0.2, -0.15) is 0 Å². The molecule has 0 unspecified atom stereocenters. The molecule has 0 radical (unpaired) electrons. The summed E-state index contributed by atoms with van der Waals surface area (Å²) in [5.74, 6) is 3.30. The van der Waals surface area contributed by atoms with Gasteiger partial charge >= 0.3 is 14.2 Å². The summed E-state index contributed by atoms with van der Waals surface area (Å²) in [4.78, 5) is 0. The third kappa shape index (κ3) is 4.89. The van der Waals surface area contributed by atoms with E-state index < -0.39 is 14.2 Å². The van der Waals surface area contributed by atoms with E-state index in [1.165, 1.54) is 22.3 Å². The Balaban J connectivity index is 1.51. The normalized spacial score (nSPS) is 15.1. The zero-order valence-corrected chi connectivity index (χ0v) is 32.7. The summed E-state index contributed by atoms with van der Waals surface area (Å²) in [6.07, 6.45) is 0. The molecule has 0 aromatic heterocycles. The zero-order chi connectivity index (χ0) is 36.9. The van der Waals surface area contributed by atoms with Crippen LogP contribution in [0.3, 0.4) is 0 Å². The quantitative estimate of drug-likeness (QED) is 0.152. The highest BCUT2D eigenvalue weighted by molar-refractivity contribution is 6.73. The van der Waals surface area contributed by atoms with Gasteiger partial charge < -0.3 is 18.6 Å². The van der Waals surface area contributed by atoms with Crippen LogP contribution in [0.4, 0.5) is 0 Å². The van der Waals surface area contributed by atoms with Crippen LogP contribution in [0.15, 0.2) is 72.8 Å². The fourth-order valence-corrected chi connectivity index (χ4v) is 8.30. The fraction of sp³-hybridized carbons (Fsp3) is 0.348. The van der Waals surface area contributed by atoms with Crippen molar-refractivity contribution in [2.45, 2.75) is 105 Å². The second-order valence-electron chi connectivity index (χ2n) is 19.3. The van der Waals surface area contributed by atoms with Gasteiger partial charge in [0.25, 0.3) is 0 Å². The molecule has 0 saturated carbocycles. The molecule has 0 atom stereocenters. The molecule has 5 aromatic rings. The average molecular weight is 687 g/mol. The lowest BCUT2D eigenvalue weighted by Crippen LogP contribution is -2.55. The van der Waals surface area contributed by atoms with Crippen molar-refractivity contribution in [2.24, 2.45) is 0 Å². The standard InChI is InChI=1S/C46H48B2O4/c1-43(2,3)25-13-17-33-29(21-25)37-38-30-22-26(44(4,5)6)14-18-34(30)51-48-42(38)40(32-24-28(46(10,11)12)16-20-36(32)52-48)39-31-23-27(45(7,8)9)15-19-35(31)50-47(49-33)41(37)39/h13-24H,1-12H3. The molecule has 4 heterocycles. The average Bonchev–Trinajstić information content (AvgIpc) is 3.06. The lowest BCUT2D eigenvalue weighted by Gasteiger charge is -2.41. The molecule has 0 spiro atoms. The van der Waals surface area contributed by atoms with E-state index >= 15 is 0 Å². The monoisotopic (exact) mass is 686 g/mol. The summed E-state index contributed by atoms with van der Waals surface area (Å²) in [5.41, 5.74) is 15.9. The van der Waals surface area contributed by atoms with Gasteiger partial charge in [-0.1, -0.05) is 107 Å². The van der Waals surface area contributed by atoms with Crippen molar-refractivity contribution in [3.05, 3.63) is 95.1 Å². The summed E-state index contributed by atoms with van der Waals surface area (Å²) in [7, 11) is -1.25. The van der Waals surface area contributed by atoms with Crippen LogP contribution in [-0.2, 0) is 21.7 Å². The van der Waals surface area contributed by atoms with E-state index in [0.717, 1.165) is 78.4 Å². The molecule has 4 aliphatic heterocycles. The van der Waals surface area contributed by atoms with E-state index in [1.54, 1.807) is 0 Å². The van der Waals surface area contributed by atoms with Crippen molar-refractivity contribution in [1.82, 2.24) is 0 Å². The second-order valence-corrected chi connectivity index (χ2v) is 19.3. The lowest BCUT2D eigenvalue weighted by molar-refractivity contribution is 0.431. The Morgan fingerprint density at radius 2 is 0.538 bits per heavy atom. The summed E-state index contributed by atoms with van der Waals surface area (Å²) < 4.78 is 27.8. The van der Waals surface area contributed by atoms with Crippen molar-refractivity contribution in [1.29, 1.82) is 0 Å². The van der Waals surface area contributed by atoms with E-state index in [1.807, 2.05) is 0 Å². The molecule has 6 heteroatoms. The minimum Gasteiger partial charge on any atom is -0.521 e. The zero-order valence-electron chi connectivity index (χ0n) is 32.7. The molecular weight excluding hydrogens is 638 g/mol. The van der Waals surface area contributed by atoms with E-state index in [9.17, 15) is 0 Å². The van der Waals surface area contributed by atoms with E-state index in [-0.39, 0.29) is 21.7 Å². The maximum absolute atomic E-state index is 6.94. The van der Waals surface area contributed by atoms with Crippen LogP contribution in [-0.4, -0.2) is 14.2 Å². The molecular formula is C46H48B2O4. The Morgan fingerprint density at radius 3 is 0.731 bits per heavy atom. The highest BCUT2D eigenvalue weighted by Crippen LogP contribution is 2.54. The van der Waals surface area contributed by atoms with Gasteiger partial charge in [-0.05, 0) is 115 Å². The Bertz CT molecular complexity index is 2040. The minimum absolute atomic E-state index is 0.0591. The maximum atomic E-state index is 6.94. The number of hydrogen-bond donors (Lipinski definition) is 0. The van der Waals surface area contributed by atoms with E-state index in [0.29, 0.717) is 0 Å². The highest BCUT2D eigenvalue weighted by atomic mass is 16.6. The van der Waals surface area contributed by atoms with Crippen molar-refractivity contribution in [2.75, 3.05) is 0 Å². The smallest absolute Gasteiger partial charge is 0.521 e. The largest absolute Gasteiger partial charge is 0.634 e. The number of hydrogen-bond acceptors (Lipinski definition) is 4. The summed E-state index contributed by atoms with van der Waals surface area (Å²) in [6.45, 7) is 27.3. The Labute approximate surface area is 310 Å². The molecule has 0 fully saturated rings. The molecule has 0 aliphatic carbocycles. The molecule has 262 valence electrons. The number of rotatable bonds is 0. The Kier molecular flexibility index (Phi) is 6.73. The molecule has 5 aromatic carbocycles. The van der Waals surface area contributed by atoms with Gasteiger partial charge in [-0.15, -0.1) is 0 Å². The first-order chi connectivity index (χ1) is 24.3. The molecule has 0 amide bonds. The van der Waals surface area contributed by atoms with Crippen molar-refractivity contribution < 1.29 is 18.6 Å². The van der Waals surface area contributed by atoms with Gasteiger partial charge in [0.2, 0.25) is 0 Å². The predicted molar refractivity (Wildman–Crippen MR) is 216 cm³/mol. The molecule has 4 nitrogen and oxygen atoms in total. The maximum Gasteiger partial charge on any atom is 0.634 e. The van der Waals surface area contributed by atoms with Crippen molar-refractivity contribution in [3.8, 4) is 67.5 Å². The predicted octanol–water partition coefficient (Wildman–Crippen LogP) is 10.5. The second kappa shape index (κ2) is 10.5. The van der Waals surface area contributed by atoms with Crippen LogP contribution in [0, 0.1) is 0 Å². The summed E-state index contributed by atoms with van der Waals surface area (Å²) in [5, 5.41) is 0. The van der Waals surface area contributed by atoms with Crippen molar-refractivity contribution >= 4 is 25.2 Å². The third-order valence-electron chi connectivity index (χ3n) is 11.4. The Hall–Kier alpha value is -4.57. The van der Waals surface area contributed by atoms with Crippen LogP contribution >= 0.6 is 0 Å². The van der Waals surface area contributed by atoms with Gasteiger partial charge in [0.1, 0.15) is 23.0 Å². The first-order valence-corrected chi connectivity index (χ1v) is 18.8. The van der Waals surface area contributed by atoms with E-state index in [4.69, 9.17) is 18.6 Å². The van der Waals surface area contributed by atoms with E-state index in [2.05, 4.69) is 156 Å². The number of fused-ring (bicyclic) bond motifs is 10. The molecule has 0 N–H and O–H groups in total. The molecule has 0 saturated heterocycles. The summed E-state index contributed by atoms with van der Waals surface area (Å²) >= 11 is 0.